The Morgan fingerprint density at radius 2 is 1.90 bits per heavy atom. The smallest absolute Gasteiger partial charge is 0.267 e. The lowest BCUT2D eigenvalue weighted by atomic mass is 10.1. The van der Waals surface area contributed by atoms with Gasteiger partial charge in [0.1, 0.15) is 11.3 Å². The molecular formula is C17H17N3O. The molecule has 0 unspecified atom stereocenters. The van der Waals surface area contributed by atoms with Gasteiger partial charge in [-0.1, -0.05) is 30.3 Å². The van der Waals surface area contributed by atoms with Gasteiger partial charge in [0.25, 0.3) is 5.91 Å². The van der Waals surface area contributed by atoms with Crippen molar-refractivity contribution in [2.45, 2.75) is 20.3 Å². The predicted octanol–water partition coefficient (Wildman–Crippen LogP) is 2.64. The Labute approximate surface area is 123 Å². The minimum atomic E-state index is -0.446. The number of aryl methyl sites for hydroxylation is 2. The lowest BCUT2D eigenvalue weighted by Crippen LogP contribution is -2.17. The number of primary amides is 1. The van der Waals surface area contributed by atoms with E-state index in [2.05, 4.69) is 23.2 Å². The van der Waals surface area contributed by atoms with Crippen LogP contribution in [0.15, 0.2) is 42.5 Å². The second-order valence-electron chi connectivity index (χ2n) is 5.29. The van der Waals surface area contributed by atoms with Crippen LogP contribution >= 0.6 is 0 Å². The van der Waals surface area contributed by atoms with Gasteiger partial charge >= 0.3 is 0 Å². The molecule has 1 aromatic carbocycles. The van der Waals surface area contributed by atoms with Gasteiger partial charge in [0.2, 0.25) is 0 Å². The molecule has 2 heterocycles. The number of rotatable bonds is 3. The number of nitrogens with zero attached hydrogens (tertiary/aromatic N) is 2. The SMILES string of the molecule is Cc1cc(Cc2ccccc2)n2c(C(N)=O)c(C)nc2c1. The van der Waals surface area contributed by atoms with E-state index >= 15 is 0 Å². The number of hydrogen-bond acceptors (Lipinski definition) is 2. The molecule has 0 bridgehead atoms. The lowest BCUT2D eigenvalue weighted by Gasteiger charge is -2.09. The topological polar surface area (TPSA) is 60.4 Å². The van der Waals surface area contributed by atoms with Crippen LogP contribution in [-0.2, 0) is 6.42 Å². The van der Waals surface area contributed by atoms with Crippen molar-refractivity contribution in [3.63, 3.8) is 0 Å². The van der Waals surface area contributed by atoms with E-state index in [1.165, 1.54) is 5.56 Å². The first-order chi connectivity index (χ1) is 10.1. The van der Waals surface area contributed by atoms with Crippen LogP contribution in [0, 0.1) is 13.8 Å². The molecule has 0 spiro atoms. The summed E-state index contributed by atoms with van der Waals surface area (Å²) in [5.74, 6) is -0.446. The summed E-state index contributed by atoms with van der Waals surface area (Å²) in [6.45, 7) is 3.84. The van der Waals surface area contributed by atoms with E-state index in [1.807, 2.05) is 42.5 Å². The number of amides is 1. The van der Waals surface area contributed by atoms with Gasteiger partial charge in [0.15, 0.2) is 0 Å². The van der Waals surface area contributed by atoms with Gasteiger partial charge in [0.05, 0.1) is 5.69 Å². The second-order valence-corrected chi connectivity index (χ2v) is 5.29. The van der Waals surface area contributed by atoms with Gasteiger partial charge in [0, 0.05) is 12.1 Å². The first-order valence-corrected chi connectivity index (χ1v) is 6.88. The minimum Gasteiger partial charge on any atom is -0.364 e. The first kappa shape index (κ1) is 13.4. The third kappa shape index (κ3) is 2.40. The molecule has 3 rings (SSSR count). The molecule has 21 heavy (non-hydrogen) atoms. The number of fused-ring (bicyclic) bond motifs is 1. The Kier molecular flexibility index (Phi) is 3.22. The maximum absolute atomic E-state index is 11.7. The van der Waals surface area contributed by atoms with Crippen molar-refractivity contribution in [1.29, 1.82) is 0 Å². The fourth-order valence-electron chi connectivity index (χ4n) is 2.73. The Morgan fingerprint density at radius 3 is 2.57 bits per heavy atom. The number of aromatic nitrogens is 2. The summed E-state index contributed by atoms with van der Waals surface area (Å²) < 4.78 is 1.87. The minimum absolute atomic E-state index is 0.446. The molecule has 0 saturated carbocycles. The van der Waals surface area contributed by atoms with Crippen LogP contribution in [0.5, 0.6) is 0 Å². The van der Waals surface area contributed by atoms with Crippen LogP contribution in [0.25, 0.3) is 5.65 Å². The monoisotopic (exact) mass is 279 g/mol. The summed E-state index contributed by atoms with van der Waals surface area (Å²) in [5, 5.41) is 0. The fourth-order valence-corrected chi connectivity index (χ4v) is 2.73. The van der Waals surface area contributed by atoms with Crippen LogP contribution in [0.1, 0.15) is 33.0 Å². The normalized spacial score (nSPS) is 11.0. The van der Waals surface area contributed by atoms with Crippen molar-refractivity contribution < 1.29 is 4.79 Å². The Bertz CT molecular complexity index is 819. The van der Waals surface area contributed by atoms with E-state index in [1.54, 1.807) is 0 Å². The molecule has 0 saturated heterocycles. The van der Waals surface area contributed by atoms with Gasteiger partial charge < -0.3 is 5.73 Å². The molecule has 0 radical (unpaired) electrons. The molecule has 0 fully saturated rings. The van der Waals surface area contributed by atoms with Crippen LogP contribution in [0.4, 0.5) is 0 Å². The molecule has 4 nitrogen and oxygen atoms in total. The Balaban J connectivity index is 2.23. The van der Waals surface area contributed by atoms with Crippen molar-refractivity contribution in [1.82, 2.24) is 9.38 Å². The van der Waals surface area contributed by atoms with Gasteiger partial charge in [-0.15, -0.1) is 0 Å². The van der Waals surface area contributed by atoms with Crippen LogP contribution in [-0.4, -0.2) is 15.3 Å². The van der Waals surface area contributed by atoms with Gasteiger partial charge in [-0.2, -0.15) is 0 Å². The highest BCUT2D eigenvalue weighted by Crippen LogP contribution is 2.19. The summed E-state index contributed by atoms with van der Waals surface area (Å²) in [5.41, 5.74) is 10.8. The van der Waals surface area contributed by atoms with Crippen molar-refractivity contribution in [2.75, 3.05) is 0 Å². The predicted molar refractivity (Wildman–Crippen MR) is 82.4 cm³/mol. The molecule has 0 aliphatic heterocycles. The van der Waals surface area contributed by atoms with Crippen molar-refractivity contribution >= 4 is 11.6 Å². The Morgan fingerprint density at radius 1 is 1.19 bits per heavy atom. The highest BCUT2D eigenvalue weighted by molar-refractivity contribution is 5.93. The standard InChI is InChI=1S/C17H17N3O/c1-11-8-14(10-13-6-4-3-5-7-13)20-15(9-11)19-12(2)16(20)17(18)21/h3-9H,10H2,1-2H3,(H2,18,21). The summed E-state index contributed by atoms with van der Waals surface area (Å²) in [7, 11) is 0. The van der Waals surface area contributed by atoms with Crippen LogP contribution in [0.2, 0.25) is 0 Å². The summed E-state index contributed by atoms with van der Waals surface area (Å²) >= 11 is 0. The number of benzene rings is 1. The molecule has 3 aromatic rings. The summed E-state index contributed by atoms with van der Waals surface area (Å²) in [6, 6.07) is 14.2. The van der Waals surface area contributed by atoms with E-state index < -0.39 is 5.91 Å². The van der Waals surface area contributed by atoms with E-state index in [0.717, 1.165) is 23.3 Å². The van der Waals surface area contributed by atoms with Crippen LogP contribution in [0.3, 0.4) is 0 Å². The molecule has 2 N–H and O–H groups in total. The number of carbonyl (C=O) groups is 1. The van der Waals surface area contributed by atoms with E-state index in [9.17, 15) is 4.79 Å². The van der Waals surface area contributed by atoms with Crippen molar-refractivity contribution in [3.05, 3.63) is 70.7 Å². The van der Waals surface area contributed by atoms with Crippen molar-refractivity contribution in [3.8, 4) is 0 Å². The molecule has 0 aliphatic carbocycles. The van der Waals surface area contributed by atoms with E-state index in [-0.39, 0.29) is 0 Å². The van der Waals surface area contributed by atoms with Gasteiger partial charge in [-0.25, -0.2) is 4.98 Å². The second kappa shape index (κ2) is 5.05. The van der Waals surface area contributed by atoms with Crippen LogP contribution < -0.4 is 5.73 Å². The third-order valence-corrected chi connectivity index (χ3v) is 3.58. The molecule has 106 valence electrons. The molecular weight excluding hydrogens is 262 g/mol. The average molecular weight is 279 g/mol. The Hall–Kier alpha value is -2.62. The maximum atomic E-state index is 11.7. The highest BCUT2D eigenvalue weighted by Gasteiger charge is 2.17. The largest absolute Gasteiger partial charge is 0.364 e. The molecule has 4 heteroatoms. The molecule has 1 amide bonds. The maximum Gasteiger partial charge on any atom is 0.267 e. The number of nitrogens with two attached hydrogens (primary N) is 1. The number of carbonyl (C=O) groups excluding carboxylic acids is 1. The highest BCUT2D eigenvalue weighted by atomic mass is 16.1. The molecule has 0 atom stereocenters. The molecule has 2 aromatic heterocycles. The average Bonchev–Trinajstić information content (AvgIpc) is 2.76. The summed E-state index contributed by atoms with van der Waals surface area (Å²) in [6.07, 6.45) is 0.731. The van der Waals surface area contributed by atoms with Gasteiger partial charge in [-0.3, -0.25) is 9.20 Å². The van der Waals surface area contributed by atoms with E-state index in [0.29, 0.717) is 11.4 Å². The quantitative estimate of drug-likeness (QED) is 0.801. The van der Waals surface area contributed by atoms with Crippen molar-refractivity contribution in [2.24, 2.45) is 5.73 Å². The zero-order chi connectivity index (χ0) is 15.0. The first-order valence-electron chi connectivity index (χ1n) is 6.88. The lowest BCUT2D eigenvalue weighted by molar-refractivity contribution is 0.0994. The number of pyridine rings is 1. The molecule has 0 aliphatic rings. The summed E-state index contributed by atoms with van der Waals surface area (Å²) in [4.78, 5) is 16.2. The third-order valence-electron chi connectivity index (χ3n) is 3.58. The zero-order valence-electron chi connectivity index (χ0n) is 12.1. The van der Waals surface area contributed by atoms with E-state index in [4.69, 9.17) is 5.73 Å². The number of hydrogen-bond donors (Lipinski definition) is 1. The fraction of sp³-hybridized carbons (Fsp3) is 0.176. The number of imidazole rings is 1. The van der Waals surface area contributed by atoms with Gasteiger partial charge in [-0.05, 0) is 37.1 Å². The zero-order valence-corrected chi connectivity index (χ0v) is 12.1.